The van der Waals surface area contributed by atoms with Gasteiger partial charge in [-0.3, -0.25) is 14.4 Å². The summed E-state index contributed by atoms with van der Waals surface area (Å²) in [6.07, 6.45) is 2.78. The molecule has 26 heavy (non-hydrogen) atoms. The Labute approximate surface area is 157 Å². The van der Waals surface area contributed by atoms with Crippen LogP contribution in [0, 0.1) is 6.92 Å². The van der Waals surface area contributed by atoms with Gasteiger partial charge in [-0.1, -0.05) is 18.2 Å². The first kappa shape index (κ1) is 18.5. The van der Waals surface area contributed by atoms with Gasteiger partial charge in [-0.15, -0.1) is 11.3 Å². The fourth-order valence-electron chi connectivity index (χ4n) is 3.26. The van der Waals surface area contributed by atoms with Crippen molar-refractivity contribution in [2.24, 2.45) is 0 Å². The van der Waals surface area contributed by atoms with Gasteiger partial charge in [0.05, 0.1) is 4.88 Å². The molecule has 2 heterocycles. The van der Waals surface area contributed by atoms with Gasteiger partial charge in [0.2, 0.25) is 5.91 Å². The molecule has 4 nitrogen and oxygen atoms in total. The highest BCUT2D eigenvalue weighted by Crippen LogP contribution is 2.27. The van der Waals surface area contributed by atoms with Crippen molar-refractivity contribution in [3.8, 4) is 0 Å². The topological polar surface area (TPSA) is 54.5 Å². The lowest BCUT2D eigenvalue weighted by molar-refractivity contribution is -0.124. The molecule has 0 saturated heterocycles. The van der Waals surface area contributed by atoms with Gasteiger partial charge in [0, 0.05) is 42.8 Å². The third kappa shape index (κ3) is 4.47. The Kier molecular flexibility index (Phi) is 5.99. The lowest BCUT2D eigenvalue weighted by Gasteiger charge is -2.29. The fourth-order valence-corrected chi connectivity index (χ4v) is 4.09. The van der Waals surface area contributed by atoms with E-state index in [1.807, 2.05) is 37.3 Å². The standard InChI is InChI=1S/C21H23NO3S/c1-15-8-12-20(26-15)19(24)11-9-17(23)10-13-21(25)22-14-4-6-16-5-2-3-7-18(16)22/h2-3,5,7-8,12H,4,6,9-11,13-14H2,1H3. The molecule has 3 rings (SSSR count). The van der Waals surface area contributed by atoms with Gasteiger partial charge in [-0.05, 0) is 43.5 Å². The molecule has 1 aromatic carbocycles. The average Bonchev–Trinajstić information content (AvgIpc) is 3.10. The highest BCUT2D eigenvalue weighted by Gasteiger charge is 2.22. The van der Waals surface area contributed by atoms with E-state index in [4.69, 9.17) is 0 Å². The Hall–Kier alpha value is -2.27. The number of Topliss-reactive ketones (excluding diaryl/α,β-unsaturated/α-hetero) is 2. The van der Waals surface area contributed by atoms with Gasteiger partial charge in [0.15, 0.2) is 5.78 Å². The van der Waals surface area contributed by atoms with Crippen LogP contribution in [-0.4, -0.2) is 24.0 Å². The Morgan fingerprint density at radius 2 is 1.77 bits per heavy atom. The number of hydrogen-bond acceptors (Lipinski definition) is 4. The van der Waals surface area contributed by atoms with Crippen molar-refractivity contribution in [3.05, 3.63) is 51.7 Å². The summed E-state index contributed by atoms with van der Waals surface area (Å²) in [6.45, 7) is 2.66. The number of ketones is 2. The first-order chi connectivity index (χ1) is 12.5. The number of aryl methyl sites for hydroxylation is 2. The van der Waals surface area contributed by atoms with Crippen LogP contribution in [0.25, 0.3) is 0 Å². The maximum atomic E-state index is 12.5. The minimum absolute atomic E-state index is 0.00716. The molecule has 1 aliphatic rings. The second kappa shape index (κ2) is 8.41. The number of para-hydroxylation sites is 1. The Balaban J connectivity index is 1.47. The highest BCUT2D eigenvalue weighted by molar-refractivity contribution is 7.14. The molecule has 1 aliphatic heterocycles. The van der Waals surface area contributed by atoms with Crippen LogP contribution < -0.4 is 4.90 Å². The van der Waals surface area contributed by atoms with E-state index in [1.54, 1.807) is 4.90 Å². The van der Waals surface area contributed by atoms with Gasteiger partial charge in [0.1, 0.15) is 5.78 Å². The van der Waals surface area contributed by atoms with Gasteiger partial charge in [-0.2, -0.15) is 0 Å². The van der Waals surface area contributed by atoms with Crippen molar-refractivity contribution in [2.75, 3.05) is 11.4 Å². The maximum Gasteiger partial charge on any atom is 0.227 e. The number of benzene rings is 1. The molecule has 136 valence electrons. The Morgan fingerprint density at radius 1 is 1.00 bits per heavy atom. The number of thiophene rings is 1. The molecule has 0 fully saturated rings. The number of hydrogen-bond donors (Lipinski definition) is 0. The van der Waals surface area contributed by atoms with Crippen molar-refractivity contribution in [1.82, 2.24) is 0 Å². The summed E-state index contributed by atoms with van der Waals surface area (Å²) in [5, 5.41) is 0. The summed E-state index contributed by atoms with van der Waals surface area (Å²) >= 11 is 1.46. The van der Waals surface area contributed by atoms with Crippen LogP contribution in [0.2, 0.25) is 0 Å². The van der Waals surface area contributed by atoms with Crippen molar-refractivity contribution in [1.29, 1.82) is 0 Å². The van der Waals surface area contributed by atoms with Crippen LogP contribution in [0.1, 0.15) is 52.2 Å². The van der Waals surface area contributed by atoms with Crippen molar-refractivity contribution in [2.45, 2.75) is 45.4 Å². The molecule has 2 aromatic rings. The zero-order chi connectivity index (χ0) is 18.5. The number of nitrogens with zero attached hydrogens (tertiary/aromatic N) is 1. The molecule has 5 heteroatoms. The highest BCUT2D eigenvalue weighted by atomic mass is 32.1. The number of carbonyl (C=O) groups excluding carboxylic acids is 3. The van der Waals surface area contributed by atoms with Gasteiger partial charge in [-0.25, -0.2) is 0 Å². The first-order valence-electron chi connectivity index (χ1n) is 9.04. The van der Waals surface area contributed by atoms with Crippen LogP contribution >= 0.6 is 11.3 Å². The molecule has 0 bridgehead atoms. The minimum atomic E-state index is -0.0229. The van der Waals surface area contributed by atoms with Crippen LogP contribution in [0.4, 0.5) is 5.69 Å². The third-order valence-electron chi connectivity index (χ3n) is 4.68. The summed E-state index contributed by atoms with van der Waals surface area (Å²) < 4.78 is 0. The predicted octanol–water partition coefficient (Wildman–Crippen LogP) is 4.35. The normalized spacial score (nSPS) is 13.3. The SMILES string of the molecule is Cc1ccc(C(=O)CCC(=O)CCC(=O)N2CCCc3ccccc32)s1. The number of amides is 1. The molecule has 0 atom stereocenters. The summed E-state index contributed by atoms with van der Waals surface area (Å²) in [7, 11) is 0. The largest absolute Gasteiger partial charge is 0.312 e. The average molecular weight is 369 g/mol. The van der Waals surface area contributed by atoms with Gasteiger partial charge < -0.3 is 4.90 Å². The molecular weight excluding hydrogens is 346 g/mol. The molecule has 0 unspecified atom stereocenters. The lowest BCUT2D eigenvalue weighted by Crippen LogP contribution is -2.35. The monoisotopic (exact) mass is 369 g/mol. The lowest BCUT2D eigenvalue weighted by atomic mass is 10.0. The maximum absolute atomic E-state index is 12.5. The van der Waals surface area contributed by atoms with E-state index >= 15 is 0 Å². The molecular formula is C21H23NO3S. The smallest absolute Gasteiger partial charge is 0.227 e. The zero-order valence-electron chi connectivity index (χ0n) is 15.0. The molecule has 0 N–H and O–H groups in total. The van der Waals surface area contributed by atoms with E-state index in [0.29, 0.717) is 11.4 Å². The second-order valence-corrected chi connectivity index (χ2v) is 7.94. The first-order valence-corrected chi connectivity index (χ1v) is 9.86. The summed E-state index contributed by atoms with van der Waals surface area (Å²) in [4.78, 5) is 40.3. The minimum Gasteiger partial charge on any atom is -0.312 e. The van der Waals surface area contributed by atoms with Crippen LogP contribution in [0.5, 0.6) is 0 Å². The van der Waals surface area contributed by atoms with Crippen LogP contribution in [0.3, 0.4) is 0 Å². The van der Waals surface area contributed by atoms with E-state index in [1.165, 1.54) is 16.9 Å². The van der Waals surface area contributed by atoms with Gasteiger partial charge >= 0.3 is 0 Å². The molecule has 1 aromatic heterocycles. The van der Waals surface area contributed by atoms with Crippen LogP contribution in [0.15, 0.2) is 36.4 Å². The molecule has 0 aliphatic carbocycles. The molecule has 1 amide bonds. The van der Waals surface area contributed by atoms with E-state index in [-0.39, 0.29) is 43.2 Å². The van der Waals surface area contributed by atoms with Crippen molar-refractivity contribution in [3.63, 3.8) is 0 Å². The fraction of sp³-hybridized carbons (Fsp3) is 0.381. The molecule has 0 saturated carbocycles. The summed E-state index contributed by atoms with van der Waals surface area (Å²) in [5.74, 6) is -0.0243. The van der Waals surface area contributed by atoms with E-state index < -0.39 is 0 Å². The third-order valence-corrected chi connectivity index (χ3v) is 5.72. The van der Waals surface area contributed by atoms with Crippen LogP contribution in [-0.2, 0) is 16.0 Å². The zero-order valence-corrected chi connectivity index (χ0v) is 15.8. The van der Waals surface area contributed by atoms with E-state index in [0.717, 1.165) is 23.4 Å². The summed E-state index contributed by atoms with van der Waals surface area (Å²) in [6, 6.07) is 11.7. The Bertz CT molecular complexity index is 824. The molecule has 0 radical (unpaired) electrons. The predicted molar refractivity (Wildman–Crippen MR) is 104 cm³/mol. The van der Waals surface area contributed by atoms with E-state index in [9.17, 15) is 14.4 Å². The molecule has 0 spiro atoms. The van der Waals surface area contributed by atoms with E-state index in [2.05, 4.69) is 6.07 Å². The number of carbonyl (C=O) groups is 3. The van der Waals surface area contributed by atoms with Crippen molar-refractivity contribution < 1.29 is 14.4 Å². The number of rotatable bonds is 7. The second-order valence-electron chi connectivity index (χ2n) is 6.65. The quantitative estimate of drug-likeness (QED) is 0.682. The Morgan fingerprint density at radius 3 is 2.54 bits per heavy atom. The number of anilines is 1. The number of fused-ring (bicyclic) bond motifs is 1. The summed E-state index contributed by atoms with van der Waals surface area (Å²) in [5.41, 5.74) is 2.16. The van der Waals surface area contributed by atoms with Crippen molar-refractivity contribution >= 4 is 34.5 Å². The van der Waals surface area contributed by atoms with Gasteiger partial charge in [0.25, 0.3) is 0 Å².